The molecule has 0 amide bonds. The Hall–Kier alpha value is -1.47. The van der Waals surface area contributed by atoms with Crippen LogP contribution < -0.4 is 4.72 Å². The molecule has 0 aromatic heterocycles. The number of hydrogen-bond donors (Lipinski definition) is 1. The fourth-order valence-electron chi connectivity index (χ4n) is 1.94. The summed E-state index contributed by atoms with van der Waals surface area (Å²) in [6, 6.07) is 5.76. The van der Waals surface area contributed by atoms with Gasteiger partial charge in [0.25, 0.3) is 10.0 Å². The van der Waals surface area contributed by atoms with Gasteiger partial charge in [-0.05, 0) is 55.3 Å². The van der Waals surface area contributed by atoms with Gasteiger partial charge in [0, 0.05) is 4.47 Å². The molecule has 0 saturated heterocycles. The highest BCUT2D eigenvalue weighted by Gasteiger charge is 2.21. The quantitative estimate of drug-likeness (QED) is 0.875. The van der Waals surface area contributed by atoms with Crippen LogP contribution in [-0.2, 0) is 10.0 Å². The second kappa shape index (κ2) is 5.73. The van der Waals surface area contributed by atoms with Crippen molar-refractivity contribution in [2.24, 2.45) is 0 Å². The minimum Gasteiger partial charge on any atom is -0.279 e. The molecular formula is C14H12BrF2NO2S. The summed E-state index contributed by atoms with van der Waals surface area (Å²) < 4.78 is 54.4. The van der Waals surface area contributed by atoms with Gasteiger partial charge < -0.3 is 0 Å². The van der Waals surface area contributed by atoms with E-state index < -0.39 is 26.6 Å². The van der Waals surface area contributed by atoms with Crippen LogP contribution in [0.25, 0.3) is 0 Å². The van der Waals surface area contributed by atoms with E-state index in [1.54, 1.807) is 26.0 Å². The summed E-state index contributed by atoms with van der Waals surface area (Å²) in [6.45, 7) is 3.44. The monoisotopic (exact) mass is 375 g/mol. The van der Waals surface area contributed by atoms with Crippen LogP contribution in [0.5, 0.6) is 0 Å². The molecule has 0 atom stereocenters. The number of halogens is 3. The number of nitrogens with one attached hydrogen (secondary N) is 1. The van der Waals surface area contributed by atoms with Crippen LogP contribution in [-0.4, -0.2) is 8.42 Å². The fourth-order valence-corrected chi connectivity index (χ4v) is 3.92. The molecule has 0 radical (unpaired) electrons. The van der Waals surface area contributed by atoms with Crippen LogP contribution in [0.15, 0.2) is 39.7 Å². The molecule has 0 aliphatic rings. The minimum absolute atomic E-state index is 0.349. The maximum atomic E-state index is 13.6. The van der Waals surface area contributed by atoms with E-state index in [9.17, 15) is 17.2 Å². The van der Waals surface area contributed by atoms with Crippen molar-refractivity contribution in [3.63, 3.8) is 0 Å². The number of anilines is 1. The van der Waals surface area contributed by atoms with E-state index in [0.29, 0.717) is 22.9 Å². The number of aryl methyl sites for hydroxylation is 2. The predicted octanol–water partition coefficient (Wildman–Crippen LogP) is 4.14. The molecule has 2 aromatic rings. The van der Waals surface area contributed by atoms with Crippen molar-refractivity contribution in [3.05, 3.63) is 57.6 Å². The maximum absolute atomic E-state index is 13.6. The highest BCUT2D eigenvalue weighted by molar-refractivity contribution is 9.10. The standard InChI is InChI=1S/C14H12BrF2NO2S/c1-8-5-10(15)6-9(2)14(8)18-21(19,20)13-7-11(16)3-4-12(13)17/h3-7,18H,1-2H3. The van der Waals surface area contributed by atoms with Gasteiger partial charge in [0.1, 0.15) is 16.5 Å². The summed E-state index contributed by atoms with van der Waals surface area (Å²) >= 11 is 3.31. The molecule has 0 aliphatic carbocycles. The zero-order valence-corrected chi connectivity index (χ0v) is 13.6. The molecule has 0 heterocycles. The van der Waals surface area contributed by atoms with Gasteiger partial charge >= 0.3 is 0 Å². The van der Waals surface area contributed by atoms with Crippen LogP contribution in [0.1, 0.15) is 11.1 Å². The minimum atomic E-state index is -4.20. The average Bonchev–Trinajstić information content (AvgIpc) is 2.36. The SMILES string of the molecule is Cc1cc(Br)cc(C)c1NS(=O)(=O)c1cc(F)ccc1F. The van der Waals surface area contributed by atoms with E-state index in [4.69, 9.17) is 0 Å². The lowest BCUT2D eigenvalue weighted by Crippen LogP contribution is -2.16. The molecule has 0 unspecified atom stereocenters. The maximum Gasteiger partial charge on any atom is 0.264 e. The molecule has 2 rings (SSSR count). The Labute approximate surface area is 130 Å². The van der Waals surface area contributed by atoms with Gasteiger partial charge in [0.05, 0.1) is 5.69 Å². The topological polar surface area (TPSA) is 46.2 Å². The lowest BCUT2D eigenvalue weighted by Gasteiger charge is -2.14. The Kier molecular flexibility index (Phi) is 4.34. The van der Waals surface area contributed by atoms with E-state index in [1.165, 1.54) is 0 Å². The molecule has 0 bridgehead atoms. The molecule has 1 N–H and O–H groups in total. The molecule has 0 aliphatic heterocycles. The van der Waals surface area contributed by atoms with Crippen molar-refractivity contribution >= 4 is 31.6 Å². The zero-order chi connectivity index (χ0) is 15.8. The number of sulfonamides is 1. The summed E-state index contributed by atoms with van der Waals surface area (Å²) in [4.78, 5) is -0.718. The van der Waals surface area contributed by atoms with E-state index >= 15 is 0 Å². The van der Waals surface area contributed by atoms with Gasteiger partial charge in [-0.3, -0.25) is 4.72 Å². The number of hydrogen-bond acceptors (Lipinski definition) is 2. The average molecular weight is 376 g/mol. The molecule has 7 heteroatoms. The third-order valence-corrected chi connectivity index (χ3v) is 4.74. The van der Waals surface area contributed by atoms with E-state index in [1.807, 2.05) is 0 Å². The summed E-state index contributed by atoms with van der Waals surface area (Å²) in [6.07, 6.45) is 0. The lowest BCUT2D eigenvalue weighted by atomic mass is 10.1. The molecule has 112 valence electrons. The Morgan fingerprint density at radius 2 is 1.62 bits per heavy atom. The fraction of sp³-hybridized carbons (Fsp3) is 0.143. The molecule has 0 spiro atoms. The molecule has 2 aromatic carbocycles. The van der Waals surface area contributed by atoms with Crippen molar-refractivity contribution in [3.8, 4) is 0 Å². The number of rotatable bonds is 3. The first kappa shape index (κ1) is 15.9. The lowest BCUT2D eigenvalue weighted by molar-refractivity contribution is 0.555. The highest BCUT2D eigenvalue weighted by atomic mass is 79.9. The van der Waals surface area contributed by atoms with Crippen LogP contribution in [0, 0.1) is 25.5 Å². The van der Waals surface area contributed by atoms with Gasteiger partial charge in [0.15, 0.2) is 0 Å². The van der Waals surface area contributed by atoms with Crippen LogP contribution in [0.2, 0.25) is 0 Å². The molecule has 3 nitrogen and oxygen atoms in total. The highest BCUT2D eigenvalue weighted by Crippen LogP contribution is 2.28. The third-order valence-electron chi connectivity index (χ3n) is 2.92. The van der Waals surface area contributed by atoms with Crippen molar-refractivity contribution in [1.29, 1.82) is 0 Å². The zero-order valence-electron chi connectivity index (χ0n) is 11.2. The first-order chi connectivity index (χ1) is 9.70. The third kappa shape index (κ3) is 3.41. The second-order valence-electron chi connectivity index (χ2n) is 4.59. The largest absolute Gasteiger partial charge is 0.279 e. The Morgan fingerprint density at radius 1 is 1.05 bits per heavy atom. The van der Waals surface area contributed by atoms with Crippen molar-refractivity contribution in [2.75, 3.05) is 4.72 Å². The molecule has 21 heavy (non-hydrogen) atoms. The van der Waals surface area contributed by atoms with E-state index in [0.717, 1.165) is 16.6 Å². The van der Waals surface area contributed by atoms with Gasteiger partial charge in [-0.25, -0.2) is 17.2 Å². The van der Waals surface area contributed by atoms with Crippen LogP contribution in [0.3, 0.4) is 0 Å². The van der Waals surface area contributed by atoms with Gasteiger partial charge in [-0.15, -0.1) is 0 Å². The smallest absolute Gasteiger partial charge is 0.264 e. The van der Waals surface area contributed by atoms with Crippen molar-refractivity contribution < 1.29 is 17.2 Å². The van der Waals surface area contributed by atoms with Crippen LogP contribution >= 0.6 is 15.9 Å². The predicted molar refractivity (Wildman–Crippen MR) is 80.8 cm³/mol. The summed E-state index contributed by atoms with van der Waals surface area (Å²) in [5.41, 5.74) is 1.69. The van der Waals surface area contributed by atoms with Gasteiger partial charge in [-0.2, -0.15) is 0 Å². The second-order valence-corrected chi connectivity index (χ2v) is 7.16. The first-order valence-electron chi connectivity index (χ1n) is 5.95. The Balaban J connectivity index is 2.50. The first-order valence-corrected chi connectivity index (χ1v) is 8.23. The summed E-state index contributed by atoms with van der Waals surface area (Å²) in [5, 5.41) is 0. The molecular weight excluding hydrogens is 364 g/mol. The summed E-state index contributed by atoms with van der Waals surface area (Å²) in [7, 11) is -4.20. The normalized spacial score (nSPS) is 11.5. The number of benzene rings is 2. The van der Waals surface area contributed by atoms with Crippen molar-refractivity contribution in [2.45, 2.75) is 18.7 Å². The Morgan fingerprint density at radius 3 is 2.19 bits per heavy atom. The van der Waals surface area contributed by atoms with E-state index in [2.05, 4.69) is 20.7 Å². The van der Waals surface area contributed by atoms with E-state index in [-0.39, 0.29) is 0 Å². The van der Waals surface area contributed by atoms with Gasteiger partial charge in [-0.1, -0.05) is 15.9 Å². The molecule has 0 saturated carbocycles. The van der Waals surface area contributed by atoms with Crippen LogP contribution in [0.4, 0.5) is 14.5 Å². The van der Waals surface area contributed by atoms with Gasteiger partial charge in [0.2, 0.25) is 0 Å². The van der Waals surface area contributed by atoms with Crippen molar-refractivity contribution in [1.82, 2.24) is 0 Å². The molecule has 0 fully saturated rings. The Bertz CT molecular complexity index is 784. The summed E-state index contributed by atoms with van der Waals surface area (Å²) in [5.74, 6) is -1.82.